The Morgan fingerprint density at radius 3 is 2.65 bits per heavy atom. The Bertz CT molecular complexity index is 437. The molecule has 0 saturated carbocycles. The fourth-order valence-electron chi connectivity index (χ4n) is 1.11. The molecule has 0 saturated heterocycles. The SMILES string of the molecule is NCc1ccc(OCC(=O)NC(N)=O)c(F)c1. The number of amides is 3. The van der Waals surface area contributed by atoms with Crippen LogP contribution < -0.4 is 21.5 Å². The van der Waals surface area contributed by atoms with Gasteiger partial charge in [-0.3, -0.25) is 10.1 Å². The second-order valence-electron chi connectivity index (χ2n) is 3.17. The number of imide groups is 1. The van der Waals surface area contributed by atoms with Crippen LogP contribution in [0.25, 0.3) is 0 Å². The first-order valence-electron chi connectivity index (χ1n) is 4.73. The van der Waals surface area contributed by atoms with Gasteiger partial charge in [-0.2, -0.15) is 0 Å². The molecule has 5 N–H and O–H groups in total. The number of rotatable bonds is 4. The number of hydrogen-bond acceptors (Lipinski definition) is 4. The quantitative estimate of drug-likeness (QED) is 0.681. The maximum Gasteiger partial charge on any atom is 0.318 e. The smallest absolute Gasteiger partial charge is 0.318 e. The Labute approximate surface area is 96.7 Å². The fraction of sp³-hybridized carbons (Fsp3) is 0.200. The Hall–Kier alpha value is -2.15. The molecule has 0 bridgehead atoms. The number of hydrogen-bond donors (Lipinski definition) is 3. The topological polar surface area (TPSA) is 107 Å². The minimum absolute atomic E-state index is 0.0955. The highest BCUT2D eigenvalue weighted by Gasteiger charge is 2.08. The second kappa shape index (κ2) is 5.80. The summed E-state index contributed by atoms with van der Waals surface area (Å²) in [5.74, 6) is -1.47. The van der Waals surface area contributed by atoms with E-state index in [0.717, 1.165) is 0 Å². The highest BCUT2D eigenvalue weighted by molar-refractivity contribution is 5.94. The average molecular weight is 241 g/mol. The van der Waals surface area contributed by atoms with Crippen molar-refractivity contribution in [2.24, 2.45) is 11.5 Å². The minimum atomic E-state index is -0.988. The lowest BCUT2D eigenvalue weighted by atomic mass is 10.2. The fourth-order valence-corrected chi connectivity index (χ4v) is 1.11. The van der Waals surface area contributed by atoms with E-state index >= 15 is 0 Å². The van der Waals surface area contributed by atoms with Crippen LogP contribution in [0, 0.1) is 5.82 Å². The van der Waals surface area contributed by atoms with Crippen molar-refractivity contribution < 1.29 is 18.7 Å². The molecule has 0 aromatic heterocycles. The van der Waals surface area contributed by atoms with E-state index in [4.69, 9.17) is 16.2 Å². The Kier molecular flexibility index (Phi) is 4.41. The molecule has 0 aliphatic heterocycles. The van der Waals surface area contributed by atoms with Gasteiger partial charge >= 0.3 is 6.03 Å². The van der Waals surface area contributed by atoms with Crippen molar-refractivity contribution >= 4 is 11.9 Å². The zero-order chi connectivity index (χ0) is 12.8. The maximum absolute atomic E-state index is 13.3. The summed E-state index contributed by atoms with van der Waals surface area (Å²) in [6.07, 6.45) is 0. The van der Waals surface area contributed by atoms with E-state index in [1.165, 1.54) is 12.1 Å². The zero-order valence-electron chi connectivity index (χ0n) is 8.90. The first-order chi connectivity index (χ1) is 8.02. The molecule has 0 spiro atoms. The molecule has 0 atom stereocenters. The van der Waals surface area contributed by atoms with Crippen LogP contribution in [-0.2, 0) is 11.3 Å². The van der Waals surface area contributed by atoms with Gasteiger partial charge in [0.05, 0.1) is 0 Å². The van der Waals surface area contributed by atoms with Crippen LogP contribution in [0.1, 0.15) is 5.56 Å². The molecule has 92 valence electrons. The standard InChI is InChI=1S/C10H12FN3O3/c11-7-3-6(4-12)1-2-8(7)17-5-9(15)14-10(13)16/h1-3H,4-5,12H2,(H3,13,14,15,16). The lowest BCUT2D eigenvalue weighted by Crippen LogP contribution is -2.38. The molecule has 0 aliphatic carbocycles. The second-order valence-corrected chi connectivity index (χ2v) is 3.17. The average Bonchev–Trinajstić information content (AvgIpc) is 2.26. The molecule has 7 heteroatoms. The van der Waals surface area contributed by atoms with Gasteiger partial charge in [0.25, 0.3) is 5.91 Å². The van der Waals surface area contributed by atoms with Crippen LogP contribution in [0.15, 0.2) is 18.2 Å². The molecule has 6 nitrogen and oxygen atoms in total. The number of ether oxygens (including phenoxy) is 1. The van der Waals surface area contributed by atoms with Gasteiger partial charge < -0.3 is 16.2 Å². The van der Waals surface area contributed by atoms with Crippen molar-refractivity contribution in [1.29, 1.82) is 0 Å². The monoisotopic (exact) mass is 241 g/mol. The van der Waals surface area contributed by atoms with Crippen LogP contribution in [0.2, 0.25) is 0 Å². The predicted molar refractivity (Wildman–Crippen MR) is 57.5 cm³/mol. The molecule has 3 amide bonds. The van der Waals surface area contributed by atoms with Crippen molar-refractivity contribution in [3.8, 4) is 5.75 Å². The summed E-state index contributed by atoms with van der Waals surface area (Å²) < 4.78 is 18.2. The molecular formula is C10H12FN3O3. The van der Waals surface area contributed by atoms with Gasteiger partial charge in [0.15, 0.2) is 18.2 Å². The summed E-state index contributed by atoms with van der Waals surface area (Å²) >= 11 is 0. The molecule has 0 heterocycles. The van der Waals surface area contributed by atoms with E-state index < -0.39 is 24.4 Å². The first kappa shape index (κ1) is 12.9. The van der Waals surface area contributed by atoms with E-state index in [2.05, 4.69) is 0 Å². The number of primary amides is 1. The van der Waals surface area contributed by atoms with Crippen LogP contribution >= 0.6 is 0 Å². The third-order valence-corrected chi connectivity index (χ3v) is 1.85. The molecule has 17 heavy (non-hydrogen) atoms. The van der Waals surface area contributed by atoms with Crippen LogP contribution in [0.4, 0.5) is 9.18 Å². The van der Waals surface area contributed by atoms with E-state index in [1.54, 1.807) is 11.4 Å². The molecule has 1 aromatic carbocycles. The molecule has 0 fully saturated rings. The summed E-state index contributed by atoms with van der Waals surface area (Å²) in [5.41, 5.74) is 10.6. The van der Waals surface area contributed by atoms with Crippen molar-refractivity contribution in [2.75, 3.05) is 6.61 Å². The normalized spacial score (nSPS) is 9.76. The Morgan fingerprint density at radius 1 is 1.41 bits per heavy atom. The zero-order valence-corrected chi connectivity index (χ0v) is 8.90. The minimum Gasteiger partial charge on any atom is -0.481 e. The van der Waals surface area contributed by atoms with Crippen molar-refractivity contribution in [3.05, 3.63) is 29.6 Å². The highest BCUT2D eigenvalue weighted by atomic mass is 19.1. The van der Waals surface area contributed by atoms with Crippen LogP contribution in [-0.4, -0.2) is 18.5 Å². The lowest BCUT2D eigenvalue weighted by molar-refractivity contribution is -0.121. The third kappa shape index (κ3) is 4.07. The predicted octanol–water partition coefficient (Wildman–Crippen LogP) is -0.142. The molecule has 0 aliphatic rings. The molecular weight excluding hydrogens is 229 g/mol. The number of urea groups is 1. The molecule has 1 rings (SSSR count). The van der Waals surface area contributed by atoms with E-state index in [-0.39, 0.29) is 12.3 Å². The van der Waals surface area contributed by atoms with E-state index in [1.807, 2.05) is 0 Å². The number of nitrogens with one attached hydrogen (secondary N) is 1. The number of nitrogens with two attached hydrogens (primary N) is 2. The number of benzene rings is 1. The summed E-state index contributed by atoms with van der Waals surface area (Å²) in [5, 5.41) is 1.79. The van der Waals surface area contributed by atoms with Gasteiger partial charge in [-0.1, -0.05) is 6.07 Å². The molecule has 1 aromatic rings. The number of carbonyl (C=O) groups is 2. The largest absolute Gasteiger partial charge is 0.481 e. The van der Waals surface area contributed by atoms with E-state index in [9.17, 15) is 14.0 Å². The summed E-state index contributed by atoms with van der Waals surface area (Å²) in [6.45, 7) is -0.290. The summed E-state index contributed by atoms with van der Waals surface area (Å²) in [7, 11) is 0. The van der Waals surface area contributed by atoms with Gasteiger partial charge in [0.1, 0.15) is 0 Å². The highest BCUT2D eigenvalue weighted by Crippen LogP contribution is 2.17. The number of carbonyl (C=O) groups excluding carboxylic acids is 2. The molecule has 0 unspecified atom stereocenters. The van der Waals surface area contributed by atoms with Gasteiger partial charge in [-0.05, 0) is 17.7 Å². The molecule has 0 radical (unpaired) electrons. The summed E-state index contributed by atoms with van der Waals surface area (Å²) in [6, 6.07) is 3.15. The van der Waals surface area contributed by atoms with Gasteiger partial charge in [0.2, 0.25) is 0 Å². The van der Waals surface area contributed by atoms with Crippen LogP contribution in [0.5, 0.6) is 5.75 Å². The Morgan fingerprint density at radius 2 is 2.12 bits per heavy atom. The van der Waals surface area contributed by atoms with Gasteiger partial charge in [0, 0.05) is 6.54 Å². The first-order valence-corrected chi connectivity index (χ1v) is 4.73. The van der Waals surface area contributed by atoms with Crippen molar-refractivity contribution in [1.82, 2.24) is 5.32 Å². The number of halogens is 1. The van der Waals surface area contributed by atoms with Gasteiger partial charge in [-0.25, -0.2) is 9.18 Å². The van der Waals surface area contributed by atoms with Crippen molar-refractivity contribution in [2.45, 2.75) is 6.54 Å². The van der Waals surface area contributed by atoms with Crippen molar-refractivity contribution in [3.63, 3.8) is 0 Å². The van der Waals surface area contributed by atoms with E-state index in [0.29, 0.717) is 5.56 Å². The maximum atomic E-state index is 13.3. The third-order valence-electron chi connectivity index (χ3n) is 1.85. The Balaban J connectivity index is 2.57. The van der Waals surface area contributed by atoms with Crippen LogP contribution in [0.3, 0.4) is 0 Å². The lowest BCUT2D eigenvalue weighted by Gasteiger charge is -2.07. The summed E-state index contributed by atoms with van der Waals surface area (Å²) in [4.78, 5) is 21.3. The van der Waals surface area contributed by atoms with Gasteiger partial charge in [-0.15, -0.1) is 0 Å².